The van der Waals surface area contributed by atoms with Crippen LogP contribution >= 0.6 is 0 Å². The van der Waals surface area contributed by atoms with E-state index in [2.05, 4.69) is 78.8 Å². The predicted molar refractivity (Wildman–Crippen MR) is 141 cm³/mol. The van der Waals surface area contributed by atoms with Crippen LogP contribution in [0.2, 0.25) is 0 Å². The van der Waals surface area contributed by atoms with Crippen LogP contribution in [-0.2, 0) is 5.41 Å². The largest absolute Gasteiger partial charge is 0.382 e. The van der Waals surface area contributed by atoms with E-state index in [9.17, 15) is 4.79 Å². The summed E-state index contributed by atoms with van der Waals surface area (Å²) in [7, 11) is 0. The number of pyridine rings is 1. The smallest absolute Gasteiger partial charge is 0.251 e. The van der Waals surface area contributed by atoms with Crippen molar-refractivity contribution in [2.45, 2.75) is 70.4 Å². The molecule has 3 aromatic rings. The van der Waals surface area contributed by atoms with Crippen molar-refractivity contribution in [2.75, 3.05) is 23.3 Å². The van der Waals surface area contributed by atoms with Crippen LogP contribution in [0.4, 0.5) is 11.4 Å². The number of rotatable bonds is 5. The number of carbonyl (C=O) groups excluding carboxylic acids is 1. The second kappa shape index (κ2) is 9.28. The van der Waals surface area contributed by atoms with Crippen molar-refractivity contribution in [1.82, 2.24) is 10.3 Å². The van der Waals surface area contributed by atoms with Gasteiger partial charge in [0.1, 0.15) is 0 Å². The zero-order valence-electron chi connectivity index (χ0n) is 20.6. The molecule has 1 aromatic heterocycles. The van der Waals surface area contributed by atoms with Crippen molar-refractivity contribution < 1.29 is 4.79 Å². The van der Waals surface area contributed by atoms with E-state index < -0.39 is 0 Å². The van der Waals surface area contributed by atoms with Crippen LogP contribution in [-0.4, -0.2) is 36.1 Å². The summed E-state index contributed by atoms with van der Waals surface area (Å²) in [4.78, 5) is 20.0. The summed E-state index contributed by atoms with van der Waals surface area (Å²) in [5, 5.41) is 8.25. The quantitative estimate of drug-likeness (QED) is 0.502. The van der Waals surface area contributed by atoms with Gasteiger partial charge in [-0.05, 0) is 68.5 Å². The fourth-order valence-electron chi connectivity index (χ4n) is 4.95. The SMILES string of the molecule is CC(C)(C)c1cc(NC2CCC(NC(=O)c3ccc(N4CCC4)cc3)CC2)c2ccccc2n1. The van der Waals surface area contributed by atoms with Crippen LogP contribution in [0.25, 0.3) is 10.9 Å². The maximum atomic E-state index is 12.8. The van der Waals surface area contributed by atoms with Crippen LogP contribution in [0, 0.1) is 0 Å². The minimum Gasteiger partial charge on any atom is -0.382 e. The fourth-order valence-corrected chi connectivity index (χ4v) is 4.95. The highest BCUT2D eigenvalue weighted by atomic mass is 16.1. The molecule has 5 nitrogen and oxygen atoms in total. The summed E-state index contributed by atoms with van der Waals surface area (Å²) in [5.41, 5.74) is 5.28. The second-order valence-electron chi connectivity index (χ2n) is 10.9. The molecule has 5 rings (SSSR count). The highest BCUT2D eigenvalue weighted by Crippen LogP contribution is 2.31. The molecule has 34 heavy (non-hydrogen) atoms. The number of amides is 1. The van der Waals surface area contributed by atoms with Gasteiger partial charge in [0, 0.05) is 58.6 Å². The molecule has 1 amide bonds. The molecule has 1 saturated carbocycles. The molecule has 0 spiro atoms. The lowest BCUT2D eigenvalue weighted by molar-refractivity contribution is 0.0926. The lowest BCUT2D eigenvalue weighted by Gasteiger charge is -2.33. The highest BCUT2D eigenvalue weighted by molar-refractivity contribution is 5.95. The highest BCUT2D eigenvalue weighted by Gasteiger charge is 2.25. The Kier molecular flexibility index (Phi) is 6.20. The van der Waals surface area contributed by atoms with E-state index >= 15 is 0 Å². The maximum absolute atomic E-state index is 12.8. The topological polar surface area (TPSA) is 57.3 Å². The zero-order valence-corrected chi connectivity index (χ0v) is 20.6. The number of benzene rings is 2. The lowest BCUT2D eigenvalue weighted by Crippen LogP contribution is -2.40. The van der Waals surface area contributed by atoms with Crippen LogP contribution in [0.5, 0.6) is 0 Å². The molecule has 0 atom stereocenters. The molecular weight excluding hydrogens is 420 g/mol. The van der Waals surface area contributed by atoms with Gasteiger partial charge in [0.25, 0.3) is 5.91 Å². The van der Waals surface area contributed by atoms with Crippen molar-refractivity contribution in [2.24, 2.45) is 0 Å². The number of nitrogens with one attached hydrogen (secondary N) is 2. The van der Waals surface area contributed by atoms with Crippen molar-refractivity contribution >= 4 is 28.2 Å². The molecule has 2 fully saturated rings. The Labute approximate surface area is 203 Å². The minimum absolute atomic E-state index is 0.00411. The first kappa shape index (κ1) is 22.7. The van der Waals surface area contributed by atoms with E-state index in [0.29, 0.717) is 6.04 Å². The third-order valence-corrected chi connectivity index (χ3v) is 7.26. The van der Waals surface area contributed by atoms with Crippen molar-refractivity contribution in [3.63, 3.8) is 0 Å². The van der Waals surface area contributed by atoms with E-state index in [4.69, 9.17) is 4.98 Å². The van der Waals surface area contributed by atoms with Gasteiger partial charge in [0.05, 0.1) is 5.52 Å². The molecule has 0 bridgehead atoms. The molecule has 1 aliphatic heterocycles. The van der Waals surface area contributed by atoms with Gasteiger partial charge in [-0.2, -0.15) is 0 Å². The van der Waals surface area contributed by atoms with Gasteiger partial charge in [0.15, 0.2) is 0 Å². The first-order valence-corrected chi connectivity index (χ1v) is 12.7. The number of aromatic nitrogens is 1. The second-order valence-corrected chi connectivity index (χ2v) is 10.9. The molecule has 1 saturated heterocycles. The molecule has 2 aromatic carbocycles. The average Bonchev–Trinajstić information content (AvgIpc) is 2.79. The van der Waals surface area contributed by atoms with Gasteiger partial charge in [-0.3, -0.25) is 9.78 Å². The molecule has 0 unspecified atom stereocenters. The Morgan fingerprint density at radius 2 is 1.62 bits per heavy atom. The molecule has 2 heterocycles. The summed E-state index contributed by atoms with van der Waals surface area (Å²) in [6.07, 6.45) is 5.32. The van der Waals surface area contributed by atoms with Gasteiger partial charge in [-0.1, -0.05) is 39.0 Å². The number of hydrogen-bond donors (Lipinski definition) is 2. The Bertz CT molecular complexity index is 1150. The number of para-hydroxylation sites is 1. The van der Waals surface area contributed by atoms with Crippen LogP contribution in [0.3, 0.4) is 0 Å². The number of hydrogen-bond acceptors (Lipinski definition) is 4. The van der Waals surface area contributed by atoms with E-state index in [-0.39, 0.29) is 17.4 Å². The van der Waals surface area contributed by atoms with Gasteiger partial charge in [-0.25, -0.2) is 0 Å². The molecule has 1 aliphatic carbocycles. The number of carbonyl (C=O) groups is 1. The van der Waals surface area contributed by atoms with E-state index in [1.54, 1.807) is 0 Å². The van der Waals surface area contributed by atoms with Gasteiger partial charge in [-0.15, -0.1) is 0 Å². The normalized spacial score (nSPS) is 20.6. The lowest BCUT2D eigenvalue weighted by atomic mass is 9.89. The van der Waals surface area contributed by atoms with Crippen LogP contribution in [0.15, 0.2) is 54.6 Å². The molecule has 2 aliphatic rings. The Morgan fingerprint density at radius 1 is 0.941 bits per heavy atom. The summed E-state index contributed by atoms with van der Waals surface area (Å²) in [5.74, 6) is 0.0431. The molecule has 178 valence electrons. The predicted octanol–water partition coefficient (Wildman–Crippen LogP) is 5.90. The Balaban J connectivity index is 1.19. The van der Waals surface area contributed by atoms with E-state index in [1.807, 2.05) is 12.1 Å². The maximum Gasteiger partial charge on any atom is 0.251 e. The standard InChI is InChI=1S/C29H36N4O/c1-29(2,3)27-19-26(24-7-4-5-8-25(24)32-27)30-21-11-13-22(14-12-21)31-28(34)20-9-15-23(16-10-20)33-17-6-18-33/h4-5,7-10,15-16,19,21-22H,6,11-14,17-18H2,1-3H3,(H,30,32)(H,31,34). The molecule has 0 radical (unpaired) electrons. The third-order valence-electron chi connectivity index (χ3n) is 7.26. The van der Waals surface area contributed by atoms with Gasteiger partial charge < -0.3 is 15.5 Å². The summed E-state index contributed by atoms with van der Waals surface area (Å²) >= 11 is 0. The third kappa shape index (κ3) is 4.89. The number of anilines is 2. The molecular formula is C29H36N4O. The van der Waals surface area contributed by atoms with Crippen molar-refractivity contribution in [3.05, 3.63) is 65.9 Å². The first-order chi connectivity index (χ1) is 16.4. The van der Waals surface area contributed by atoms with Crippen LogP contribution < -0.4 is 15.5 Å². The Morgan fingerprint density at radius 3 is 2.26 bits per heavy atom. The first-order valence-electron chi connectivity index (χ1n) is 12.7. The monoisotopic (exact) mass is 456 g/mol. The Hall–Kier alpha value is -3.08. The zero-order chi connectivity index (χ0) is 23.7. The number of nitrogens with zero attached hydrogens (tertiary/aromatic N) is 2. The van der Waals surface area contributed by atoms with Crippen LogP contribution in [0.1, 0.15) is 68.9 Å². The van der Waals surface area contributed by atoms with E-state index in [0.717, 1.165) is 55.5 Å². The minimum atomic E-state index is -0.00411. The summed E-state index contributed by atoms with van der Waals surface area (Å²) in [6.45, 7) is 8.87. The van der Waals surface area contributed by atoms with Crippen molar-refractivity contribution in [1.29, 1.82) is 0 Å². The number of fused-ring (bicyclic) bond motifs is 1. The van der Waals surface area contributed by atoms with Crippen molar-refractivity contribution in [3.8, 4) is 0 Å². The van der Waals surface area contributed by atoms with E-state index in [1.165, 1.54) is 23.2 Å². The summed E-state index contributed by atoms with van der Waals surface area (Å²) in [6, 6.07) is 19.3. The molecule has 2 N–H and O–H groups in total. The average molecular weight is 457 g/mol. The van der Waals surface area contributed by atoms with Gasteiger partial charge in [0.2, 0.25) is 0 Å². The van der Waals surface area contributed by atoms with Gasteiger partial charge >= 0.3 is 0 Å². The summed E-state index contributed by atoms with van der Waals surface area (Å²) < 4.78 is 0. The fraction of sp³-hybridized carbons (Fsp3) is 0.448. The molecule has 5 heteroatoms.